The molecule has 5 heteroatoms. The summed E-state index contributed by atoms with van der Waals surface area (Å²) in [5.41, 5.74) is 14.2. The maximum Gasteiger partial charge on any atom is 0.165 e. The summed E-state index contributed by atoms with van der Waals surface area (Å²) in [7, 11) is 0. The molecule has 59 heavy (non-hydrogen) atoms. The van der Waals surface area contributed by atoms with Gasteiger partial charge in [-0.1, -0.05) is 127 Å². The number of nitrogens with zero attached hydrogens (tertiary/aromatic N) is 5. The van der Waals surface area contributed by atoms with Gasteiger partial charge in [-0.3, -0.25) is 8.80 Å². The molecule has 0 N–H and O–H groups in total. The largest absolute Gasteiger partial charge is 0.309 e. The molecule has 0 amide bonds. The highest BCUT2D eigenvalue weighted by atomic mass is 15.1. The number of hydrogen-bond acceptors (Lipinski definition) is 2. The quantitative estimate of drug-likeness (QED) is 0.177. The molecule has 270 valence electrons. The molecule has 0 aliphatic carbocycles. The van der Waals surface area contributed by atoms with Crippen molar-refractivity contribution < 1.29 is 0 Å². The maximum absolute atomic E-state index is 5.81. The van der Waals surface area contributed by atoms with Gasteiger partial charge in [-0.15, -0.1) is 0 Å². The molecule has 0 saturated carbocycles. The van der Waals surface area contributed by atoms with E-state index >= 15 is 0 Å². The highest BCUT2D eigenvalue weighted by Crippen LogP contribution is 2.48. The van der Waals surface area contributed by atoms with Gasteiger partial charge in [0.25, 0.3) is 0 Å². The van der Waals surface area contributed by atoms with Gasteiger partial charge in [0.15, 0.2) is 11.3 Å². The lowest BCUT2D eigenvalue weighted by atomic mass is 9.98. The van der Waals surface area contributed by atoms with Gasteiger partial charge in [0, 0.05) is 54.3 Å². The molecule has 0 saturated heterocycles. The Labute approximate surface area is 334 Å². The zero-order valence-corrected chi connectivity index (χ0v) is 31.5. The zero-order chi connectivity index (χ0) is 38.1. The van der Waals surface area contributed by atoms with Crippen LogP contribution in [0.25, 0.3) is 137 Å². The van der Waals surface area contributed by atoms with Crippen LogP contribution in [-0.4, -0.2) is 23.3 Å². The summed E-state index contributed by atoms with van der Waals surface area (Å²) >= 11 is 0. The number of aromatic nitrogens is 5. The van der Waals surface area contributed by atoms with Crippen molar-refractivity contribution in [2.75, 3.05) is 0 Å². The van der Waals surface area contributed by atoms with Crippen molar-refractivity contribution in [3.63, 3.8) is 0 Å². The second-order valence-corrected chi connectivity index (χ2v) is 16.1. The number of para-hydroxylation sites is 4. The molecule has 0 unspecified atom stereocenters. The lowest BCUT2D eigenvalue weighted by Crippen LogP contribution is -1.93. The Balaban J connectivity index is 1.13. The van der Waals surface area contributed by atoms with E-state index in [0.717, 1.165) is 49.8 Å². The Hall–Kier alpha value is -8.02. The Morgan fingerprint density at radius 2 is 0.881 bits per heavy atom. The topological polar surface area (TPSA) is 39.5 Å². The van der Waals surface area contributed by atoms with E-state index in [1.54, 1.807) is 0 Å². The van der Waals surface area contributed by atoms with Gasteiger partial charge in [0.05, 0.1) is 33.1 Å². The van der Waals surface area contributed by atoms with Crippen molar-refractivity contribution in [1.29, 1.82) is 0 Å². The Morgan fingerprint density at radius 1 is 0.339 bits per heavy atom. The van der Waals surface area contributed by atoms with Crippen LogP contribution in [0.4, 0.5) is 0 Å². The monoisotopic (exact) mass is 747 g/mol. The third-order valence-electron chi connectivity index (χ3n) is 13.2. The van der Waals surface area contributed by atoms with Crippen molar-refractivity contribution in [2.24, 2.45) is 0 Å². The van der Waals surface area contributed by atoms with Gasteiger partial charge < -0.3 is 4.57 Å². The predicted octanol–water partition coefficient (Wildman–Crippen LogP) is 13.8. The van der Waals surface area contributed by atoms with Crippen LogP contribution in [0.5, 0.6) is 0 Å². The molecule has 0 bridgehead atoms. The van der Waals surface area contributed by atoms with E-state index < -0.39 is 0 Å². The summed E-state index contributed by atoms with van der Waals surface area (Å²) in [6.45, 7) is 0. The highest BCUT2D eigenvalue weighted by Gasteiger charge is 2.28. The van der Waals surface area contributed by atoms with Crippen molar-refractivity contribution >= 4 is 120 Å². The van der Waals surface area contributed by atoms with Gasteiger partial charge in [-0.25, -0.2) is 9.97 Å². The van der Waals surface area contributed by atoms with Gasteiger partial charge in [-0.05, 0) is 75.6 Å². The molecule has 15 aromatic rings. The van der Waals surface area contributed by atoms with Crippen LogP contribution >= 0.6 is 0 Å². The van der Waals surface area contributed by atoms with Crippen LogP contribution in [0.1, 0.15) is 0 Å². The maximum atomic E-state index is 5.81. The second-order valence-electron chi connectivity index (χ2n) is 16.1. The average molecular weight is 748 g/mol. The fourth-order valence-corrected chi connectivity index (χ4v) is 10.9. The Morgan fingerprint density at radius 3 is 1.61 bits per heavy atom. The molecule has 0 radical (unpaired) electrons. The number of benzene rings is 9. The molecule has 0 aliphatic heterocycles. The molecule has 0 aliphatic rings. The van der Waals surface area contributed by atoms with Crippen molar-refractivity contribution in [3.8, 4) is 16.8 Å². The number of fused-ring (bicyclic) bond motifs is 19. The first-order valence-corrected chi connectivity index (χ1v) is 20.3. The third-order valence-corrected chi connectivity index (χ3v) is 13.2. The molecule has 9 aromatic carbocycles. The lowest BCUT2D eigenvalue weighted by molar-refractivity contribution is 1.18. The van der Waals surface area contributed by atoms with E-state index in [4.69, 9.17) is 9.97 Å². The number of hydrogen-bond donors (Lipinski definition) is 0. The van der Waals surface area contributed by atoms with Crippen LogP contribution < -0.4 is 0 Å². The minimum Gasteiger partial charge on any atom is -0.309 e. The molecule has 0 spiro atoms. The van der Waals surface area contributed by atoms with Crippen LogP contribution in [-0.2, 0) is 0 Å². The molecule has 5 nitrogen and oxygen atoms in total. The summed E-state index contributed by atoms with van der Waals surface area (Å²) in [5.74, 6) is 0. The molecular formula is C54H29N5. The Bertz CT molecular complexity index is 4300. The lowest BCUT2D eigenvalue weighted by Gasteiger charge is -2.09. The molecule has 15 rings (SSSR count). The molecule has 0 atom stereocenters. The molecule has 6 heterocycles. The first-order valence-electron chi connectivity index (χ1n) is 20.3. The molecular weight excluding hydrogens is 719 g/mol. The smallest absolute Gasteiger partial charge is 0.165 e. The first-order chi connectivity index (χ1) is 29.3. The van der Waals surface area contributed by atoms with Crippen LogP contribution in [0.2, 0.25) is 0 Å². The molecule has 0 fully saturated rings. The third kappa shape index (κ3) is 3.59. The number of rotatable bonds is 2. The van der Waals surface area contributed by atoms with Crippen molar-refractivity contribution in [2.45, 2.75) is 0 Å². The SMILES string of the molecule is c1ccc(-n2c3ccccc3c3cc(-c4cccc5c6cc7ccccc7c7c8nc9c(nc8n(c45)c67)c4c5ccccc5cc5c6ccccc6n9c54)ccc32)cc1. The van der Waals surface area contributed by atoms with Crippen LogP contribution in [0, 0.1) is 0 Å². The first kappa shape index (κ1) is 30.2. The fourth-order valence-electron chi connectivity index (χ4n) is 10.9. The fraction of sp³-hybridized carbons (Fsp3) is 0. The predicted molar refractivity (Wildman–Crippen MR) is 246 cm³/mol. The normalized spacial score (nSPS) is 12.7. The van der Waals surface area contributed by atoms with Crippen LogP contribution in [0.3, 0.4) is 0 Å². The second kappa shape index (κ2) is 10.5. The van der Waals surface area contributed by atoms with E-state index in [1.807, 2.05) is 0 Å². The van der Waals surface area contributed by atoms with Gasteiger partial charge in [0.2, 0.25) is 0 Å². The van der Waals surface area contributed by atoms with E-state index in [2.05, 4.69) is 189 Å². The standard InChI is InChI=1S/C54H29N5/c1-2-15-33(16-3-1)57-43-23-10-8-19-37(43)40-27-32(25-26-45(40)57)36-21-12-22-39-42-29-31-14-5-7-18-35(31)47-49-54(59(50(36)39)52(42)47)56-48-46-34-17-6-4-13-30(34)28-41-38-20-9-11-24-44(38)58(51(41)46)53(48)55-49/h1-29H. The average Bonchev–Trinajstić information content (AvgIpc) is 4.08. The van der Waals surface area contributed by atoms with Gasteiger partial charge in [-0.2, -0.15) is 0 Å². The van der Waals surface area contributed by atoms with Crippen molar-refractivity contribution in [1.82, 2.24) is 23.3 Å². The minimum atomic E-state index is 0.889. The van der Waals surface area contributed by atoms with Gasteiger partial charge >= 0.3 is 0 Å². The van der Waals surface area contributed by atoms with Crippen molar-refractivity contribution in [3.05, 3.63) is 176 Å². The van der Waals surface area contributed by atoms with E-state index in [0.29, 0.717) is 0 Å². The van der Waals surface area contributed by atoms with E-state index in [-0.39, 0.29) is 0 Å². The zero-order valence-electron chi connectivity index (χ0n) is 31.5. The van der Waals surface area contributed by atoms with Crippen LogP contribution in [0.15, 0.2) is 176 Å². The van der Waals surface area contributed by atoms with Gasteiger partial charge in [0.1, 0.15) is 11.0 Å². The highest BCUT2D eigenvalue weighted by molar-refractivity contribution is 6.34. The summed E-state index contributed by atoms with van der Waals surface area (Å²) in [6.07, 6.45) is 0. The summed E-state index contributed by atoms with van der Waals surface area (Å²) in [5, 5.41) is 14.5. The summed E-state index contributed by atoms with van der Waals surface area (Å²) in [6, 6.07) is 64.2. The van der Waals surface area contributed by atoms with E-state index in [9.17, 15) is 0 Å². The summed E-state index contributed by atoms with van der Waals surface area (Å²) < 4.78 is 7.19. The molecule has 6 aromatic heterocycles. The van der Waals surface area contributed by atoms with E-state index in [1.165, 1.54) is 87.1 Å². The minimum absolute atomic E-state index is 0.889. The Kier molecular flexibility index (Phi) is 5.36. The summed E-state index contributed by atoms with van der Waals surface area (Å²) in [4.78, 5) is 11.6.